The van der Waals surface area contributed by atoms with E-state index in [1.165, 1.54) is 12.1 Å². The average molecular weight is 300 g/mol. The van der Waals surface area contributed by atoms with Gasteiger partial charge >= 0.3 is 6.18 Å². The van der Waals surface area contributed by atoms with Gasteiger partial charge in [0.05, 0.1) is 5.56 Å². The molecule has 0 N–H and O–H groups in total. The largest absolute Gasteiger partial charge is 0.416 e. The van der Waals surface area contributed by atoms with E-state index < -0.39 is 11.7 Å². The molecule has 0 bridgehead atoms. The molecule has 2 aromatic rings. The summed E-state index contributed by atoms with van der Waals surface area (Å²) in [6, 6.07) is 10.4. The molecular weight excluding hydrogens is 287 g/mol. The van der Waals surface area contributed by atoms with E-state index >= 15 is 0 Å². The van der Waals surface area contributed by atoms with Gasteiger partial charge in [-0.1, -0.05) is 23.7 Å². The first-order valence-corrected chi connectivity index (χ1v) is 6.31. The molecular formula is C15H13ClF3N. The van der Waals surface area contributed by atoms with E-state index in [0.29, 0.717) is 10.6 Å². The number of hydrogen-bond donors (Lipinski definition) is 0. The molecule has 0 aliphatic heterocycles. The van der Waals surface area contributed by atoms with E-state index in [0.717, 1.165) is 23.4 Å². The van der Waals surface area contributed by atoms with Crippen molar-refractivity contribution in [2.75, 3.05) is 19.0 Å². The van der Waals surface area contributed by atoms with Crippen molar-refractivity contribution in [2.45, 2.75) is 6.18 Å². The minimum absolute atomic E-state index is 0.547. The summed E-state index contributed by atoms with van der Waals surface area (Å²) in [6.07, 6.45) is -4.32. The summed E-state index contributed by atoms with van der Waals surface area (Å²) in [5, 5.41) is 0.547. The third-order valence-corrected chi connectivity index (χ3v) is 3.20. The minimum Gasteiger partial charge on any atom is -0.377 e. The number of rotatable bonds is 2. The summed E-state index contributed by atoms with van der Waals surface area (Å²) in [5.41, 5.74) is 1.74. The number of hydrogen-bond acceptors (Lipinski definition) is 1. The van der Waals surface area contributed by atoms with E-state index in [1.807, 2.05) is 25.1 Å². The molecule has 0 aromatic heterocycles. The molecule has 2 aromatic carbocycles. The second-order valence-electron chi connectivity index (χ2n) is 4.63. The quantitative estimate of drug-likeness (QED) is 0.746. The maximum atomic E-state index is 12.6. The van der Waals surface area contributed by atoms with E-state index in [1.54, 1.807) is 12.1 Å². The van der Waals surface area contributed by atoms with E-state index in [-0.39, 0.29) is 0 Å². The predicted octanol–water partition coefficient (Wildman–Crippen LogP) is 5.09. The molecule has 0 aliphatic carbocycles. The van der Waals surface area contributed by atoms with Crippen LogP contribution in [0.4, 0.5) is 18.9 Å². The van der Waals surface area contributed by atoms with Crippen molar-refractivity contribution in [1.82, 2.24) is 0 Å². The van der Waals surface area contributed by atoms with Gasteiger partial charge in [0.25, 0.3) is 0 Å². The third-order valence-electron chi connectivity index (χ3n) is 2.96. The summed E-state index contributed by atoms with van der Waals surface area (Å²) in [7, 11) is 3.74. The number of halogens is 4. The third kappa shape index (κ3) is 3.07. The molecule has 0 unspecified atom stereocenters. The highest BCUT2D eigenvalue weighted by molar-refractivity contribution is 6.31. The lowest BCUT2D eigenvalue weighted by Crippen LogP contribution is -2.10. The van der Waals surface area contributed by atoms with Crippen LogP contribution in [0.3, 0.4) is 0 Å². The summed E-state index contributed by atoms with van der Waals surface area (Å²) in [5.74, 6) is 0. The molecule has 1 nitrogen and oxygen atoms in total. The highest BCUT2D eigenvalue weighted by Crippen LogP contribution is 2.35. The topological polar surface area (TPSA) is 3.24 Å². The predicted molar refractivity (Wildman–Crippen MR) is 76.2 cm³/mol. The Morgan fingerprint density at radius 2 is 1.55 bits per heavy atom. The lowest BCUT2D eigenvalue weighted by atomic mass is 10.0. The van der Waals surface area contributed by atoms with E-state index in [2.05, 4.69) is 0 Å². The fraction of sp³-hybridized carbons (Fsp3) is 0.200. The van der Waals surface area contributed by atoms with E-state index in [4.69, 9.17) is 11.6 Å². The zero-order valence-electron chi connectivity index (χ0n) is 11.0. The number of nitrogens with zero attached hydrogens (tertiary/aromatic N) is 1. The summed E-state index contributed by atoms with van der Waals surface area (Å²) >= 11 is 5.98. The SMILES string of the molecule is CN(C)c1ccc(Cl)cc1-c1ccc(C(F)(F)F)cc1. The molecule has 0 amide bonds. The van der Waals surface area contributed by atoms with Gasteiger partial charge in [-0.25, -0.2) is 0 Å². The zero-order valence-corrected chi connectivity index (χ0v) is 11.8. The van der Waals surface area contributed by atoms with Crippen LogP contribution in [0.25, 0.3) is 11.1 Å². The molecule has 106 valence electrons. The Balaban J connectivity index is 2.49. The fourth-order valence-electron chi connectivity index (χ4n) is 1.97. The Morgan fingerprint density at radius 1 is 0.950 bits per heavy atom. The Hall–Kier alpha value is -1.68. The van der Waals surface area contributed by atoms with Crippen LogP contribution in [0.5, 0.6) is 0 Å². The van der Waals surface area contributed by atoms with Gasteiger partial charge in [0.2, 0.25) is 0 Å². The summed E-state index contributed by atoms with van der Waals surface area (Å²) < 4.78 is 37.7. The van der Waals surface area contributed by atoms with Crippen LogP contribution in [0, 0.1) is 0 Å². The normalized spacial score (nSPS) is 11.5. The van der Waals surface area contributed by atoms with Gasteiger partial charge in [-0.3, -0.25) is 0 Å². The van der Waals surface area contributed by atoms with Gasteiger partial charge in [-0.15, -0.1) is 0 Å². The zero-order chi connectivity index (χ0) is 14.9. The number of benzene rings is 2. The van der Waals surface area contributed by atoms with Gasteiger partial charge in [-0.2, -0.15) is 13.2 Å². The molecule has 0 heterocycles. The molecule has 0 radical (unpaired) electrons. The van der Waals surface area contributed by atoms with Crippen LogP contribution in [0.2, 0.25) is 5.02 Å². The van der Waals surface area contributed by atoms with Crippen molar-refractivity contribution < 1.29 is 13.2 Å². The van der Waals surface area contributed by atoms with Crippen molar-refractivity contribution in [3.63, 3.8) is 0 Å². The number of anilines is 1. The van der Waals surface area contributed by atoms with Gasteiger partial charge < -0.3 is 4.90 Å². The van der Waals surface area contributed by atoms with Crippen LogP contribution >= 0.6 is 11.6 Å². The van der Waals surface area contributed by atoms with Crippen molar-refractivity contribution in [2.24, 2.45) is 0 Å². The van der Waals surface area contributed by atoms with Crippen LogP contribution in [0.1, 0.15) is 5.56 Å². The highest BCUT2D eigenvalue weighted by atomic mass is 35.5. The van der Waals surface area contributed by atoms with Gasteiger partial charge in [0.15, 0.2) is 0 Å². The lowest BCUT2D eigenvalue weighted by Gasteiger charge is -2.18. The molecule has 0 aliphatic rings. The number of alkyl halides is 3. The molecule has 5 heteroatoms. The Morgan fingerprint density at radius 3 is 2.05 bits per heavy atom. The Labute approximate surface area is 120 Å². The smallest absolute Gasteiger partial charge is 0.377 e. The maximum Gasteiger partial charge on any atom is 0.416 e. The second-order valence-corrected chi connectivity index (χ2v) is 5.07. The molecule has 2 rings (SSSR count). The molecule has 0 atom stereocenters. The van der Waals surface area contributed by atoms with Crippen LogP contribution in [0.15, 0.2) is 42.5 Å². The van der Waals surface area contributed by atoms with Crippen molar-refractivity contribution in [3.05, 3.63) is 53.1 Å². The van der Waals surface area contributed by atoms with Gasteiger partial charge in [0, 0.05) is 30.4 Å². The molecule has 0 saturated carbocycles. The van der Waals surface area contributed by atoms with E-state index in [9.17, 15) is 13.2 Å². The first kappa shape index (κ1) is 14.7. The fourth-order valence-corrected chi connectivity index (χ4v) is 2.14. The highest BCUT2D eigenvalue weighted by Gasteiger charge is 2.30. The monoisotopic (exact) mass is 299 g/mol. The van der Waals surface area contributed by atoms with Gasteiger partial charge in [0.1, 0.15) is 0 Å². The molecule has 0 spiro atoms. The maximum absolute atomic E-state index is 12.6. The van der Waals surface area contributed by atoms with Gasteiger partial charge in [-0.05, 0) is 35.9 Å². The molecule has 0 fully saturated rings. The molecule has 20 heavy (non-hydrogen) atoms. The van der Waals surface area contributed by atoms with Crippen LogP contribution < -0.4 is 4.90 Å². The van der Waals surface area contributed by atoms with Crippen LogP contribution in [-0.2, 0) is 6.18 Å². The Bertz CT molecular complexity index is 604. The standard InChI is InChI=1S/C15H13ClF3N/c1-20(2)14-8-7-12(16)9-13(14)10-3-5-11(6-4-10)15(17,18)19/h3-9H,1-2H3. The van der Waals surface area contributed by atoms with Crippen molar-refractivity contribution in [1.29, 1.82) is 0 Å². The summed E-state index contributed by atoms with van der Waals surface area (Å²) in [4.78, 5) is 1.89. The minimum atomic E-state index is -4.32. The second kappa shape index (κ2) is 5.37. The van der Waals surface area contributed by atoms with Crippen LogP contribution in [-0.4, -0.2) is 14.1 Å². The average Bonchev–Trinajstić information content (AvgIpc) is 2.37. The summed E-state index contributed by atoms with van der Waals surface area (Å²) in [6.45, 7) is 0. The van der Waals surface area contributed by atoms with Crippen molar-refractivity contribution in [3.8, 4) is 11.1 Å². The first-order valence-electron chi connectivity index (χ1n) is 5.93. The Kier molecular flexibility index (Phi) is 3.95. The molecule has 0 saturated heterocycles. The van der Waals surface area contributed by atoms with Crippen molar-refractivity contribution >= 4 is 17.3 Å². The first-order chi connectivity index (χ1) is 9.29. The lowest BCUT2D eigenvalue weighted by molar-refractivity contribution is -0.137.